The fourth-order valence-electron chi connectivity index (χ4n) is 1.36. The Bertz CT molecular complexity index is 453. The molecule has 2 amide bonds. The summed E-state index contributed by atoms with van der Waals surface area (Å²) in [5, 5.41) is 5.43. The third kappa shape index (κ3) is 6.93. The normalized spacial score (nSPS) is 11.8. The fraction of sp³-hybridized carbons (Fsp3) is 0.385. The molecule has 4 N–H and O–H groups in total. The summed E-state index contributed by atoms with van der Waals surface area (Å²) in [5.41, 5.74) is 5.13. The van der Waals surface area contributed by atoms with Gasteiger partial charge in [-0.3, -0.25) is 9.59 Å². The third-order valence-electron chi connectivity index (χ3n) is 2.37. The number of nitrogens with two attached hydrogens (primary N) is 1. The van der Waals surface area contributed by atoms with Crippen molar-refractivity contribution in [2.45, 2.75) is 17.1 Å². The molecule has 0 aromatic heterocycles. The van der Waals surface area contributed by atoms with Crippen LogP contribution >= 0.6 is 27.7 Å². The molecule has 0 fully saturated rings. The quantitative estimate of drug-likeness (QED) is 0.637. The van der Waals surface area contributed by atoms with E-state index in [1.54, 1.807) is 11.8 Å². The molecule has 1 aromatic rings. The van der Waals surface area contributed by atoms with Crippen LogP contribution in [0.15, 0.2) is 33.6 Å². The third-order valence-corrected chi connectivity index (χ3v) is 4.01. The van der Waals surface area contributed by atoms with Crippen molar-refractivity contribution in [1.29, 1.82) is 0 Å². The first-order chi connectivity index (χ1) is 9.51. The van der Waals surface area contributed by atoms with Crippen LogP contribution in [0.2, 0.25) is 0 Å². The Morgan fingerprint density at radius 3 is 2.50 bits per heavy atom. The van der Waals surface area contributed by atoms with E-state index in [1.165, 1.54) is 0 Å². The van der Waals surface area contributed by atoms with E-state index < -0.39 is 0 Å². The molecule has 0 saturated heterocycles. The number of thioether (sulfide) groups is 1. The molecule has 5 nitrogen and oxygen atoms in total. The van der Waals surface area contributed by atoms with Crippen LogP contribution in [0.1, 0.15) is 6.92 Å². The van der Waals surface area contributed by atoms with Crippen LogP contribution in [0.5, 0.6) is 0 Å². The standard InChI is InChI=1S/C13H18BrN3O2S/c1-9(20-11-4-2-10(14)3-5-11)7-16-13(19)8-17-12(18)6-15/h2-5,9H,6-8,15H2,1H3,(H,16,19)(H,17,18). The van der Waals surface area contributed by atoms with Gasteiger partial charge in [0.25, 0.3) is 0 Å². The van der Waals surface area contributed by atoms with E-state index in [9.17, 15) is 9.59 Å². The number of rotatable bonds is 7. The number of nitrogens with one attached hydrogen (secondary N) is 2. The number of halogens is 1. The minimum Gasteiger partial charge on any atom is -0.353 e. The van der Waals surface area contributed by atoms with E-state index >= 15 is 0 Å². The molecule has 0 aliphatic carbocycles. The van der Waals surface area contributed by atoms with Gasteiger partial charge in [0, 0.05) is 21.2 Å². The van der Waals surface area contributed by atoms with Gasteiger partial charge in [0.15, 0.2) is 0 Å². The summed E-state index contributed by atoms with van der Waals surface area (Å²) in [6, 6.07) is 8.01. The van der Waals surface area contributed by atoms with Crippen molar-refractivity contribution in [3.05, 3.63) is 28.7 Å². The average molecular weight is 360 g/mol. The van der Waals surface area contributed by atoms with Crippen molar-refractivity contribution in [3.63, 3.8) is 0 Å². The summed E-state index contributed by atoms with van der Waals surface area (Å²) in [6.07, 6.45) is 0. The monoisotopic (exact) mass is 359 g/mol. The second-order valence-electron chi connectivity index (χ2n) is 4.17. The van der Waals surface area contributed by atoms with E-state index in [-0.39, 0.29) is 30.2 Å². The van der Waals surface area contributed by atoms with Crippen molar-refractivity contribution in [2.24, 2.45) is 5.73 Å². The summed E-state index contributed by atoms with van der Waals surface area (Å²) in [7, 11) is 0. The maximum Gasteiger partial charge on any atom is 0.239 e. The van der Waals surface area contributed by atoms with Crippen LogP contribution in [0.3, 0.4) is 0 Å². The maximum absolute atomic E-state index is 11.5. The molecule has 20 heavy (non-hydrogen) atoms. The van der Waals surface area contributed by atoms with Crippen LogP contribution in [0.25, 0.3) is 0 Å². The van der Waals surface area contributed by atoms with Crippen molar-refractivity contribution in [3.8, 4) is 0 Å². The minimum absolute atomic E-state index is 0.0360. The fourth-order valence-corrected chi connectivity index (χ4v) is 2.55. The minimum atomic E-state index is -0.336. The molecule has 0 aliphatic rings. The first-order valence-electron chi connectivity index (χ1n) is 6.17. The lowest BCUT2D eigenvalue weighted by atomic mass is 10.4. The van der Waals surface area contributed by atoms with Gasteiger partial charge in [-0.2, -0.15) is 0 Å². The summed E-state index contributed by atoms with van der Waals surface area (Å²) in [4.78, 5) is 23.5. The van der Waals surface area contributed by atoms with Crippen molar-refractivity contribution < 1.29 is 9.59 Å². The second-order valence-corrected chi connectivity index (χ2v) is 6.59. The Labute approximate surface area is 131 Å². The summed E-state index contributed by atoms with van der Waals surface area (Å²) >= 11 is 5.07. The summed E-state index contributed by atoms with van der Waals surface area (Å²) in [6.45, 7) is 2.43. The molecular weight excluding hydrogens is 342 g/mol. The van der Waals surface area contributed by atoms with Crippen LogP contribution in [-0.2, 0) is 9.59 Å². The molecule has 110 valence electrons. The lowest BCUT2D eigenvalue weighted by Gasteiger charge is -2.12. The smallest absolute Gasteiger partial charge is 0.239 e. The molecule has 0 radical (unpaired) electrons. The van der Waals surface area contributed by atoms with Gasteiger partial charge in [-0.15, -0.1) is 11.8 Å². The second kappa shape index (κ2) is 8.99. The summed E-state index contributed by atoms with van der Waals surface area (Å²) in [5.74, 6) is -0.549. The molecule has 0 bridgehead atoms. The van der Waals surface area contributed by atoms with Gasteiger partial charge >= 0.3 is 0 Å². The zero-order chi connectivity index (χ0) is 15.0. The Hall–Kier alpha value is -1.05. The zero-order valence-electron chi connectivity index (χ0n) is 11.2. The number of carbonyl (C=O) groups is 2. The zero-order valence-corrected chi connectivity index (χ0v) is 13.6. The van der Waals surface area contributed by atoms with Crippen molar-refractivity contribution in [1.82, 2.24) is 10.6 Å². The highest BCUT2D eigenvalue weighted by Gasteiger charge is 2.08. The van der Waals surface area contributed by atoms with E-state index in [0.717, 1.165) is 9.37 Å². The van der Waals surface area contributed by atoms with E-state index in [4.69, 9.17) is 5.73 Å². The molecular formula is C13H18BrN3O2S. The Morgan fingerprint density at radius 1 is 1.25 bits per heavy atom. The number of amides is 2. The van der Waals surface area contributed by atoms with Crippen LogP contribution in [0, 0.1) is 0 Å². The molecule has 0 saturated carbocycles. The molecule has 1 unspecified atom stereocenters. The molecule has 1 aromatic carbocycles. The lowest BCUT2D eigenvalue weighted by molar-refractivity contribution is -0.125. The first kappa shape index (κ1) is 17.0. The maximum atomic E-state index is 11.5. The number of hydrogen-bond acceptors (Lipinski definition) is 4. The molecule has 7 heteroatoms. The molecule has 0 spiro atoms. The molecule has 1 rings (SSSR count). The van der Waals surface area contributed by atoms with E-state index in [2.05, 4.69) is 26.6 Å². The van der Waals surface area contributed by atoms with Gasteiger partial charge in [0.05, 0.1) is 13.1 Å². The SMILES string of the molecule is CC(CNC(=O)CNC(=O)CN)Sc1ccc(Br)cc1. The predicted octanol–water partition coefficient (Wildman–Crippen LogP) is 1.12. The molecule has 0 heterocycles. The summed E-state index contributed by atoms with van der Waals surface area (Å²) < 4.78 is 1.04. The van der Waals surface area contributed by atoms with Crippen LogP contribution in [0.4, 0.5) is 0 Å². The Balaban J connectivity index is 2.25. The number of hydrogen-bond donors (Lipinski definition) is 3. The lowest BCUT2D eigenvalue weighted by Crippen LogP contribution is -2.40. The largest absolute Gasteiger partial charge is 0.353 e. The Morgan fingerprint density at radius 2 is 1.90 bits per heavy atom. The number of benzene rings is 1. The highest BCUT2D eigenvalue weighted by molar-refractivity contribution is 9.10. The van der Waals surface area contributed by atoms with Crippen molar-refractivity contribution >= 4 is 39.5 Å². The van der Waals surface area contributed by atoms with Crippen molar-refractivity contribution in [2.75, 3.05) is 19.6 Å². The number of carbonyl (C=O) groups excluding carboxylic acids is 2. The average Bonchev–Trinajstić information content (AvgIpc) is 2.45. The van der Waals surface area contributed by atoms with Gasteiger partial charge in [0.1, 0.15) is 0 Å². The van der Waals surface area contributed by atoms with Gasteiger partial charge in [-0.1, -0.05) is 22.9 Å². The van der Waals surface area contributed by atoms with E-state index in [0.29, 0.717) is 6.54 Å². The molecule has 0 aliphatic heterocycles. The first-order valence-corrected chi connectivity index (χ1v) is 7.84. The predicted molar refractivity (Wildman–Crippen MR) is 84.5 cm³/mol. The van der Waals surface area contributed by atoms with E-state index in [1.807, 2.05) is 31.2 Å². The topological polar surface area (TPSA) is 84.2 Å². The van der Waals surface area contributed by atoms with Gasteiger partial charge in [-0.25, -0.2) is 0 Å². The van der Waals surface area contributed by atoms with Gasteiger partial charge < -0.3 is 16.4 Å². The van der Waals surface area contributed by atoms with Gasteiger partial charge in [0.2, 0.25) is 11.8 Å². The van der Waals surface area contributed by atoms with Crippen LogP contribution in [-0.4, -0.2) is 36.7 Å². The molecule has 1 atom stereocenters. The highest BCUT2D eigenvalue weighted by Crippen LogP contribution is 2.24. The Kier molecular flexibility index (Phi) is 7.64. The van der Waals surface area contributed by atoms with Crippen LogP contribution < -0.4 is 16.4 Å². The van der Waals surface area contributed by atoms with Gasteiger partial charge in [-0.05, 0) is 24.3 Å². The highest BCUT2D eigenvalue weighted by atomic mass is 79.9.